The molecule has 0 nitrogen and oxygen atoms in total. The van der Waals surface area contributed by atoms with E-state index in [9.17, 15) is 4.39 Å². The monoisotopic (exact) mass is 254 g/mol. The SMILES string of the molecule is Cc1cc(F)ccc1-c1cccc(Cl)c1Cl. The van der Waals surface area contributed by atoms with Crippen LogP contribution in [0.4, 0.5) is 4.39 Å². The van der Waals surface area contributed by atoms with Crippen molar-refractivity contribution in [1.82, 2.24) is 0 Å². The average Bonchev–Trinajstić information content (AvgIpc) is 2.23. The lowest BCUT2D eigenvalue weighted by molar-refractivity contribution is 0.627. The molecule has 0 unspecified atom stereocenters. The van der Waals surface area contributed by atoms with Crippen LogP contribution in [0.15, 0.2) is 36.4 Å². The van der Waals surface area contributed by atoms with Crippen molar-refractivity contribution in [1.29, 1.82) is 0 Å². The molecule has 0 saturated heterocycles. The van der Waals surface area contributed by atoms with Gasteiger partial charge < -0.3 is 0 Å². The van der Waals surface area contributed by atoms with E-state index in [0.717, 1.165) is 16.7 Å². The highest BCUT2D eigenvalue weighted by Gasteiger charge is 2.09. The summed E-state index contributed by atoms with van der Waals surface area (Å²) in [7, 11) is 0. The summed E-state index contributed by atoms with van der Waals surface area (Å²) in [5.74, 6) is -0.251. The molecule has 16 heavy (non-hydrogen) atoms. The van der Waals surface area contributed by atoms with E-state index in [0.29, 0.717) is 10.0 Å². The fourth-order valence-corrected chi connectivity index (χ4v) is 2.04. The number of rotatable bonds is 1. The van der Waals surface area contributed by atoms with Crippen LogP contribution in [-0.2, 0) is 0 Å². The first-order valence-corrected chi connectivity index (χ1v) is 5.55. The topological polar surface area (TPSA) is 0 Å². The molecule has 0 N–H and O–H groups in total. The Hall–Kier alpha value is -1.05. The van der Waals surface area contributed by atoms with Gasteiger partial charge in [0.1, 0.15) is 5.82 Å². The fourth-order valence-electron chi connectivity index (χ4n) is 1.64. The van der Waals surface area contributed by atoms with Gasteiger partial charge in [0.15, 0.2) is 0 Å². The second-order valence-corrected chi connectivity index (χ2v) is 4.35. The molecule has 0 spiro atoms. The van der Waals surface area contributed by atoms with E-state index in [-0.39, 0.29) is 5.82 Å². The first-order chi connectivity index (χ1) is 7.59. The minimum absolute atomic E-state index is 0.251. The Bertz CT molecular complexity index is 535. The van der Waals surface area contributed by atoms with E-state index in [4.69, 9.17) is 23.2 Å². The molecule has 0 saturated carbocycles. The molecule has 3 heteroatoms. The summed E-state index contributed by atoms with van der Waals surface area (Å²) in [6, 6.07) is 10.0. The van der Waals surface area contributed by atoms with Crippen molar-refractivity contribution < 1.29 is 4.39 Å². The number of hydrogen-bond acceptors (Lipinski definition) is 0. The van der Waals surface area contributed by atoms with Crippen LogP contribution in [0, 0.1) is 12.7 Å². The van der Waals surface area contributed by atoms with Crippen LogP contribution in [0.5, 0.6) is 0 Å². The van der Waals surface area contributed by atoms with E-state index in [1.54, 1.807) is 12.1 Å². The van der Waals surface area contributed by atoms with Gasteiger partial charge in [-0.1, -0.05) is 41.4 Å². The Morgan fingerprint density at radius 3 is 2.44 bits per heavy atom. The zero-order valence-corrected chi connectivity index (χ0v) is 10.1. The molecule has 2 aromatic carbocycles. The van der Waals surface area contributed by atoms with Crippen LogP contribution in [0.25, 0.3) is 11.1 Å². The zero-order valence-electron chi connectivity index (χ0n) is 8.60. The Labute approximate surface area is 104 Å². The molecule has 0 heterocycles. The van der Waals surface area contributed by atoms with Crippen LogP contribution in [-0.4, -0.2) is 0 Å². The van der Waals surface area contributed by atoms with Crippen LogP contribution >= 0.6 is 23.2 Å². The van der Waals surface area contributed by atoms with Crippen molar-refractivity contribution in [3.8, 4) is 11.1 Å². The predicted molar refractivity (Wildman–Crippen MR) is 66.6 cm³/mol. The predicted octanol–water partition coefficient (Wildman–Crippen LogP) is 5.11. The highest BCUT2D eigenvalue weighted by Crippen LogP contribution is 2.34. The summed E-state index contributed by atoms with van der Waals surface area (Å²) in [5.41, 5.74) is 2.56. The van der Waals surface area contributed by atoms with Crippen LogP contribution < -0.4 is 0 Å². The van der Waals surface area contributed by atoms with Gasteiger partial charge in [0.05, 0.1) is 10.0 Å². The van der Waals surface area contributed by atoms with Gasteiger partial charge >= 0.3 is 0 Å². The molecule has 0 aliphatic heterocycles. The molecule has 0 fully saturated rings. The first-order valence-electron chi connectivity index (χ1n) is 4.80. The highest BCUT2D eigenvalue weighted by molar-refractivity contribution is 6.43. The van der Waals surface area contributed by atoms with Crippen molar-refractivity contribution in [2.24, 2.45) is 0 Å². The summed E-state index contributed by atoms with van der Waals surface area (Å²) >= 11 is 12.1. The standard InChI is InChI=1S/C13H9Cl2F/c1-8-7-9(16)5-6-10(8)11-3-2-4-12(14)13(11)15/h2-7H,1H3. The Morgan fingerprint density at radius 2 is 1.75 bits per heavy atom. The quantitative estimate of drug-likeness (QED) is 0.664. The van der Waals surface area contributed by atoms with Crippen LogP contribution in [0.3, 0.4) is 0 Å². The number of benzene rings is 2. The van der Waals surface area contributed by atoms with Crippen LogP contribution in [0.1, 0.15) is 5.56 Å². The molecule has 82 valence electrons. The van der Waals surface area contributed by atoms with Crippen molar-refractivity contribution >= 4 is 23.2 Å². The third-order valence-corrected chi connectivity index (χ3v) is 3.25. The van der Waals surface area contributed by atoms with E-state index in [1.165, 1.54) is 12.1 Å². The third kappa shape index (κ3) is 2.06. The Kier molecular flexibility index (Phi) is 3.17. The maximum absolute atomic E-state index is 13.0. The van der Waals surface area contributed by atoms with Crippen molar-refractivity contribution in [2.45, 2.75) is 6.92 Å². The summed E-state index contributed by atoms with van der Waals surface area (Å²) in [6.07, 6.45) is 0. The van der Waals surface area contributed by atoms with Crippen molar-refractivity contribution in [3.05, 3.63) is 57.8 Å². The number of halogens is 3. The zero-order chi connectivity index (χ0) is 11.7. The van der Waals surface area contributed by atoms with E-state index in [2.05, 4.69) is 0 Å². The molecular formula is C13H9Cl2F. The Morgan fingerprint density at radius 1 is 1.00 bits per heavy atom. The molecule has 2 aromatic rings. The molecule has 0 radical (unpaired) electrons. The molecule has 0 aromatic heterocycles. The second kappa shape index (κ2) is 4.44. The van der Waals surface area contributed by atoms with E-state index in [1.807, 2.05) is 19.1 Å². The third-order valence-electron chi connectivity index (χ3n) is 2.43. The number of hydrogen-bond donors (Lipinski definition) is 0. The summed E-state index contributed by atoms with van der Waals surface area (Å²) in [5, 5.41) is 1.00. The van der Waals surface area contributed by atoms with Crippen molar-refractivity contribution in [3.63, 3.8) is 0 Å². The minimum atomic E-state index is -0.251. The molecule has 0 aliphatic carbocycles. The second-order valence-electron chi connectivity index (χ2n) is 3.56. The highest BCUT2D eigenvalue weighted by atomic mass is 35.5. The fraction of sp³-hybridized carbons (Fsp3) is 0.0769. The van der Waals surface area contributed by atoms with E-state index < -0.39 is 0 Å². The van der Waals surface area contributed by atoms with Crippen LogP contribution in [0.2, 0.25) is 10.0 Å². The Balaban J connectivity index is 2.63. The van der Waals surface area contributed by atoms with Gasteiger partial charge in [0.25, 0.3) is 0 Å². The smallest absolute Gasteiger partial charge is 0.123 e. The largest absolute Gasteiger partial charge is 0.207 e. The average molecular weight is 255 g/mol. The lowest BCUT2D eigenvalue weighted by atomic mass is 10.0. The van der Waals surface area contributed by atoms with Gasteiger partial charge in [-0.2, -0.15) is 0 Å². The molecule has 2 rings (SSSR count). The van der Waals surface area contributed by atoms with Gasteiger partial charge in [-0.05, 0) is 36.2 Å². The summed E-state index contributed by atoms with van der Waals surface area (Å²) in [4.78, 5) is 0. The summed E-state index contributed by atoms with van der Waals surface area (Å²) in [6.45, 7) is 1.84. The van der Waals surface area contributed by atoms with Gasteiger partial charge in [0.2, 0.25) is 0 Å². The molecule has 0 aliphatic rings. The summed E-state index contributed by atoms with van der Waals surface area (Å²) < 4.78 is 13.0. The van der Waals surface area contributed by atoms with Gasteiger partial charge in [-0.3, -0.25) is 0 Å². The molecule has 0 atom stereocenters. The van der Waals surface area contributed by atoms with Crippen molar-refractivity contribution in [2.75, 3.05) is 0 Å². The van der Waals surface area contributed by atoms with Gasteiger partial charge in [-0.15, -0.1) is 0 Å². The minimum Gasteiger partial charge on any atom is -0.207 e. The molecule has 0 amide bonds. The molecule has 0 bridgehead atoms. The van der Waals surface area contributed by atoms with Gasteiger partial charge in [0, 0.05) is 5.56 Å². The lowest BCUT2D eigenvalue weighted by Crippen LogP contribution is -1.86. The first kappa shape index (κ1) is 11.4. The van der Waals surface area contributed by atoms with E-state index >= 15 is 0 Å². The maximum Gasteiger partial charge on any atom is 0.123 e. The maximum atomic E-state index is 13.0. The van der Waals surface area contributed by atoms with Gasteiger partial charge in [-0.25, -0.2) is 4.39 Å². The number of aryl methyl sites for hydroxylation is 1. The normalized spacial score (nSPS) is 10.5. The lowest BCUT2D eigenvalue weighted by Gasteiger charge is -2.09. The molecular weight excluding hydrogens is 246 g/mol.